The maximum absolute atomic E-state index is 12.2. The van der Waals surface area contributed by atoms with Crippen LogP contribution in [-0.2, 0) is 0 Å². The van der Waals surface area contributed by atoms with Crippen molar-refractivity contribution >= 4 is 16.7 Å². The first-order chi connectivity index (χ1) is 8.34. The lowest BCUT2D eigenvalue weighted by molar-refractivity contribution is 0.0938. The molecule has 86 valence electrons. The van der Waals surface area contributed by atoms with Gasteiger partial charge in [-0.3, -0.25) is 9.78 Å². The molecule has 0 saturated heterocycles. The van der Waals surface area contributed by atoms with Crippen molar-refractivity contribution in [1.82, 2.24) is 4.98 Å². The first kappa shape index (κ1) is 10.5. The van der Waals surface area contributed by atoms with E-state index in [1.165, 1.54) is 19.3 Å². The minimum Gasteiger partial charge on any atom is -0.294 e. The van der Waals surface area contributed by atoms with Gasteiger partial charge in [0, 0.05) is 23.6 Å². The van der Waals surface area contributed by atoms with Gasteiger partial charge in [-0.05, 0) is 18.1 Å². The third-order valence-electron chi connectivity index (χ3n) is 3.64. The molecule has 0 spiro atoms. The monoisotopic (exact) mass is 225 g/mol. The van der Waals surface area contributed by atoms with Gasteiger partial charge in [0.15, 0.2) is 5.78 Å². The molecule has 1 aromatic heterocycles. The number of hydrogen-bond acceptors (Lipinski definition) is 2. The zero-order valence-electron chi connectivity index (χ0n) is 9.73. The minimum atomic E-state index is 0.272. The molecule has 1 aliphatic carbocycles. The number of pyridine rings is 1. The van der Waals surface area contributed by atoms with Crippen LogP contribution in [0.5, 0.6) is 0 Å². The predicted octanol–water partition coefficient (Wildman–Crippen LogP) is 3.61. The third kappa shape index (κ3) is 1.95. The molecule has 0 atom stereocenters. The Morgan fingerprint density at radius 1 is 1.24 bits per heavy atom. The van der Waals surface area contributed by atoms with Crippen molar-refractivity contribution in [2.45, 2.75) is 25.7 Å². The van der Waals surface area contributed by atoms with Gasteiger partial charge in [0.25, 0.3) is 0 Å². The van der Waals surface area contributed by atoms with Crippen molar-refractivity contribution < 1.29 is 4.79 Å². The number of fused-ring (bicyclic) bond motifs is 1. The molecule has 0 amide bonds. The first-order valence-electron chi connectivity index (χ1n) is 6.21. The molecule has 2 heteroatoms. The molecule has 0 bridgehead atoms. The molecule has 0 unspecified atom stereocenters. The average Bonchev–Trinajstić information content (AvgIpc) is 2.33. The van der Waals surface area contributed by atoms with Crippen LogP contribution < -0.4 is 0 Å². The van der Waals surface area contributed by atoms with Crippen molar-refractivity contribution in [3.05, 3.63) is 42.1 Å². The van der Waals surface area contributed by atoms with E-state index in [1.807, 2.05) is 30.3 Å². The van der Waals surface area contributed by atoms with Gasteiger partial charge >= 0.3 is 0 Å². The van der Waals surface area contributed by atoms with Gasteiger partial charge in [-0.25, -0.2) is 0 Å². The van der Waals surface area contributed by atoms with Crippen LogP contribution in [0.25, 0.3) is 10.9 Å². The van der Waals surface area contributed by atoms with E-state index < -0.39 is 0 Å². The summed E-state index contributed by atoms with van der Waals surface area (Å²) in [6, 6.07) is 9.67. The lowest BCUT2D eigenvalue weighted by Crippen LogP contribution is -2.16. The van der Waals surface area contributed by atoms with Crippen LogP contribution in [0.2, 0.25) is 0 Å². The molecule has 17 heavy (non-hydrogen) atoms. The van der Waals surface area contributed by atoms with Gasteiger partial charge in [0.05, 0.1) is 5.52 Å². The largest absolute Gasteiger partial charge is 0.294 e. The fourth-order valence-electron chi connectivity index (χ4n) is 2.42. The number of Topliss-reactive ketones (excluding diaryl/α,β-unsaturated/α-hetero) is 1. The van der Waals surface area contributed by atoms with Crippen LogP contribution in [0, 0.1) is 5.92 Å². The number of carbonyl (C=O) groups excluding carboxylic acids is 1. The summed E-state index contributed by atoms with van der Waals surface area (Å²) in [7, 11) is 0. The quantitative estimate of drug-likeness (QED) is 0.747. The van der Waals surface area contributed by atoms with Crippen LogP contribution in [0.4, 0.5) is 0 Å². The van der Waals surface area contributed by atoms with Crippen molar-refractivity contribution in [2.24, 2.45) is 5.92 Å². The summed E-state index contributed by atoms with van der Waals surface area (Å²) < 4.78 is 0. The van der Waals surface area contributed by atoms with Crippen LogP contribution in [-0.4, -0.2) is 10.8 Å². The number of rotatable bonds is 3. The molecule has 1 heterocycles. The molecule has 0 aliphatic heterocycles. The number of nitrogens with zero attached hydrogens (tertiary/aromatic N) is 1. The van der Waals surface area contributed by atoms with Crippen LogP contribution >= 0.6 is 0 Å². The zero-order valence-corrected chi connectivity index (χ0v) is 9.73. The average molecular weight is 225 g/mol. The van der Waals surface area contributed by atoms with E-state index in [0.29, 0.717) is 12.3 Å². The molecule has 0 radical (unpaired) electrons. The maximum Gasteiger partial charge on any atom is 0.163 e. The second-order valence-electron chi connectivity index (χ2n) is 4.80. The number of benzene rings is 1. The maximum atomic E-state index is 12.2. The summed E-state index contributed by atoms with van der Waals surface area (Å²) in [6.07, 6.45) is 6.19. The summed E-state index contributed by atoms with van der Waals surface area (Å²) in [6.45, 7) is 0. The molecular weight excluding hydrogens is 210 g/mol. The van der Waals surface area contributed by atoms with E-state index in [9.17, 15) is 4.79 Å². The number of carbonyl (C=O) groups is 1. The fraction of sp³-hybridized carbons (Fsp3) is 0.333. The Labute approximate surface area is 101 Å². The van der Waals surface area contributed by atoms with Gasteiger partial charge in [-0.1, -0.05) is 37.5 Å². The lowest BCUT2D eigenvalue weighted by atomic mass is 9.80. The summed E-state index contributed by atoms with van der Waals surface area (Å²) in [4.78, 5) is 16.5. The van der Waals surface area contributed by atoms with Gasteiger partial charge in [0.2, 0.25) is 0 Å². The van der Waals surface area contributed by atoms with E-state index >= 15 is 0 Å². The molecule has 1 aliphatic rings. The topological polar surface area (TPSA) is 30.0 Å². The normalized spacial score (nSPS) is 15.8. The highest BCUT2D eigenvalue weighted by Gasteiger charge is 2.22. The standard InChI is InChI=1S/C15H15NO/c17-15(10-11-4-1-5-11)13-6-2-8-14-12(13)7-3-9-16-14/h2-3,6-9,11H,1,4-5,10H2. The highest BCUT2D eigenvalue weighted by atomic mass is 16.1. The lowest BCUT2D eigenvalue weighted by Gasteiger charge is -2.24. The molecule has 1 aromatic carbocycles. The van der Waals surface area contributed by atoms with Gasteiger partial charge in [-0.2, -0.15) is 0 Å². The molecule has 1 fully saturated rings. The van der Waals surface area contributed by atoms with E-state index in [0.717, 1.165) is 16.5 Å². The van der Waals surface area contributed by atoms with Gasteiger partial charge < -0.3 is 0 Å². The Bertz CT molecular complexity index is 552. The van der Waals surface area contributed by atoms with Crippen molar-refractivity contribution in [1.29, 1.82) is 0 Å². The second kappa shape index (κ2) is 4.28. The first-order valence-corrected chi connectivity index (χ1v) is 6.21. The molecule has 1 saturated carbocycles. The molecule has 3 rings (SSSR count). The molecule has 0 N–H and O–H groups in total. The Morgan fingerprint density at radius 3 is 2.88 bits per heavy atom. The number of hydrogen-bond donors (Lipinski definition) is 0. The van der Waals surface area contributed by atoms with Crippen molar-refractivity contribution in [2.75, 3.05) is 0 Å². The van der Waals surface area contributed by atoms with Crippen LogP contribution in [0.3, 0.4) is 0 Å². The summed E-state index contributed by atoms with van der Waals surface area (Å²) in [5.41, 5.74) is 1.74. The smallest absolute Gasteiger partial charge is 0.163 e. The highest BCUT2D eigenvalue weighted by molar-refractivity contribution is 6.07. The Hall–Kier alpha value is -1.70. The summed E-state index contributed by atoms with van der Waals surface area (Å²) in [5.74, 6) is 0.891. The SMILES string of the molecule is O=C(CC1CCC1)c1cccc2ncccc12. The third-order valence-corrected chi connectivity index (χ3v) is 3.64. The van der Waals surface area contributed by atoms with E-state index in [1.54, 1.807) is 6.20 Å². The summed E-state index contributed by atoms with van der Waals surface area (Å²) >= 11 is 0. The Morgan fingerprint density at radius 2 is 2.12 bits per heavy atom. The second-order valence-corrected chi connectivity index (χ2v) is 4.80. The van der Waals surface area contributed by atoms with Crippen molar-refractivity contribution in [3.8, 4) is 0 Å². The molecular formula is C15H15NO. The fourth-order valence-corrected chi connectivity index (χ4v) is 2.42. The van der Waals surface area contributed by atoms with Crippen molar-refractivity contribution in [3.63, 3.8) is 0 Å². The molecule has 2 nitrogen and oxygen atoms in total. The summed E-state index contributed by atoms with van der Waals surface area (Å²) in [5, 5.41) is 0.985. The van der Waals surface area contributed by atoms with E-state index in [2.05, 4.69) is 4.98 Å². The number of ketones is 1. The van der Waals surface area contributed by atoms with Gasteiger partial charge in [0.1, 0.15) is 0 Å². The highest BCUT2D eigenvalue weighted by Crippen LogP contribution is 2.31. The number of aromatic nitrogens is 1. The minimum absolute atomic E-state index is 0.272. The Balaban J connectivity index is 1.95. The van der Waals surface area contributed by atoms with Gasteiger partial charge in [-0.15, -0.1) is 0 Å². The Kier molecular flexibility index (Phi) is 2.63. The van der Waals surface area contributed by atoms with E-state index in [-0.39, 0.29) is 5.78 Å². The predicted molar refractivity (Wildman–Crippen MR) is 68.0 cm³/mol. The van der Waals surface area contributed by atoms with E-state index in [4.69, 9.17) is 0 Å². The van der Waals surface area contributed by atoms with Crippen LogP contribution in [0.15, 0.2) is 36.5 Å². The molecule has 2 aromatic rings. The zero-order chi connectivity index (χ0) is 11.7. The van der Waals surface area contributed by atoms with Crippen LogP contribution in [0.1, 0.15) is 36.0 Å².